The molecule has 0 saturated carbocycles. The van der Waals surface area contributed by atoms with Gasteiger partial charge >= 0.3 is 5.97 Å². The minimum atomic E-state index is -0.561. The van der Waals surface area contributed by atoms with Crippen LogP contribution in [0.2, 0.25) is 0 Å². The van der Waals surface area contributed by atoms with Crippen LogP contribution < -0.4 is 9.47 Å². The van der Waals surface area contributed by atoms with Gasteiger partial charge in [0.2, 0.25) is 0 Å². The molecule has 128 valence electrons. The summed E-state index contributed by atoms with van der Waals surface area (Å²) in [6, 6.07) is 13.2. The molecule has 2 aromatic rings. The number of hydrogen-bond donors (Lipinski definition) is 0. The van der Waals surface area contributed by atoms with Gasteiger partial charge < -0.3 is 14.2 Å². The summed E-state index contributed by atoms with van der Waals surface area (Å²) in [5.41, 5.74) is 0.499. The molecule has 7 nitrogen and oxygen atoms in total. The Morgan fingerprint density at radius 2 is 2.04 bits per heavy atom. The molecule has 1 aliphatic heterocycles. The van der Waals surface area contributed by atoms with Crippen molar-refractivity contribution in [3.8, 4) is 11.5 Å². The zero-order chi connectivity index (χ0) is 17.6. The number of benzene rings is 2. The number of carbonyl (C=O) groups is 1. The molecule has 0 aliphatic carbocycles. The van der Waals surface area contributed by atoms with Gasteiger partial charge in [0.25, 0.3) is 5.69 Å². The zero-order valence-electron chi connectivity index (χ0n) is 13.2. The van der Waals surface area contributed by atoms with Crippen molar-refractivity contribution in [2.75, 3.05) is 13.2 Å². The first-order chi connectivity index (χ1) is 12.1. The highest BCUT2D eigenvalue weighted by Crippen LogP contribution is 2.30. The number of nitro benzene ring substituents is 1. The van der Waals surface area contributed by atoms with Gasteiger partial charge in [-0.2, -0.15) is 0 Å². The smallest absolute Gasteiger partial charge is 0.330 e. The van der Waals surface area contributed by atoms with Gasteiger partial charge in [-0.3, -0.25) is 10.1 Å². The van der Waals surface area contributed by atoms with Crippen molar-refractivity contribution in [2.45, 2.75) is 6.10 Å². The van der Waals surface area contributed by atoms with Crippen LogP contribution in [-0.4, -0.2) is 30.2 Å². The quantitative estimate of drug-likeness (QED) is 0.359. The molecule has 0 N–H and O–H groups in total. The molecule has 2 aromatic carbocycles. The highest BCUT2D eigenvalue weighted by molar-refractivity contribution is 5.87. The number of nitro groups is 1. The SMILES string of the molecule is O=C(C=Cc1cccc([N+](=O)[O-])c1)OCC1COc2ccccc2O1. The molecular weight excluding hydrogens is 326 g/mol. The second-order valence-electron chi connectivity index (χ2n) is 5.31. The molecule has 0 radical (unpaired) electrons. The Morgan fingerprint density at radius 3 is 2.84 bits per heavy atom. The van der Waals surface area contributed by atoms with Gasteiger partial charge in [0.1, 0.15) is 13.2 Å². The van der Waals surface area contributed by atoms with E-state index < -0.39 is 10.9 Å². The maximum Gasteiger partial charge on any atom is 0.330 e. The van der Waals surface area contributed by atoms with Gasteiger partial charge in [0.15, 0.2) is 17.6 Å². The maximum atomic E-state index is 11.8. The summed E-state index contributed by atoms with van der Waals surface area (Å²) in [7, 11) is 0. The van der Waals surface area contributed by atoms with Crippen LogP contribution in [0, 0.1) is 10.1 Å². The number of esters is 1. The molecule has 1 heterocycles. The summed E-state index contributed by atoms with van der Waals surface area (Å²) in [6.07, 6.45) is 2.30. The maximum absolute atomic E-state index is 11.8. The van der Waals surface area contributed by atoms with Crippen LogP contribution >= 0.6 is 0 Å². The van der Waals surface area contributed by atoms with Gasteiger partial charge in [-0.05, 0) is 23.8 Å². The van der Waals surface area contributed by atoms with Crippen molar-refractivity contribution < 1.29 is 23.9 Å². The van der Waals surface area contributed by atoms with Gasteiger partial charge in [0.05, 0.1) is 4.92 Å². The largest absolute Gasteiger partial charge is 0.486 e. The fraction of sp³-hybridized carbons (Fsp3) is 0.167. The van der Waals surface area contributed by atoms with Crippen LogP contribution in [0.1, 0.15) is 5.56 Å². The molecule has 0 saturated heterocycles. The second-order valence-corrected chi connectivity index (χ2v) is 5.31. The fourth-order valence-electron chi connectivity index (χ4n) is 2.27. The lowest BCUT2D eigenvalue weighted by molar-refractivity contribution is -0.384. The number of fused-ring (bicyclic) bond motifs is 1. The van der Waals surface area contributed by atoms with Crippen molar-refractivity contribution in [1.29, 1.82) is 0 Å². The van der Waals surface area contributed by atoms with E-state index in [0.717, 1.165) is 0 Å². The van der Waals surface area contributed by atoms with Gasteiger partial charge in [-0.1, -0.05) is 24.3 Å². The van der Waals surface area contributed by atoms with Crippen LogP contribution in [0.25, 0.3) is 6.08 Å². The average molecular weight is 341 g/mol. The molecule has 0 fully saturated rings. The van der Waals surface area contributed by atoms with Crippen LogP contribution in [0.3, 0.4) is 0 Å². The molecule has 0 aromatic heterocycles. The highest BCUT2D eigenvalue weighted by Gasteiger charge is 2.21. The lowest BCUT2D eigenvalue weighted by Gasteiger charge is -2.25. The topological polar surface area (TPSA) is 87.9 Å². The molecule has 25 heavy (non-hydrogen) atoms. The molecule has 0 amide bonds. The first-order valence-corrected chi connectivity index (χ1v) is 7.59. The Balaban J connectivity index is 1.52. The fourth-order valence-corrected chi connectivity index (χ4v) is 2.27. The summed E-state index contributed by atoms with van der Waals surface area (Å²) < 4.78 is 16.4. The van der Waals surface area contributed by atoms with E-state index in [1.54, 1.807) is 24.3 Å². The first kappa shape index (κ1) is 16.5. The number of hydrogen-bond acceptors (Lipinski definition) is 6. The van der Waals surface area contributed by atoms with Gasteiger partial charge in [-0.25, -0.2) is 4.79 Å². The normalized spacial score (nSPS) is 15.8. The summed E-state index contributed by atoms with van der Waals surface area (Å²) in [6.45, 7) is 0.339. The first-order valence-electron chi connectivity index (χ1n) is 7.59. The monoisotopic (exact) mass is 341 g/mol. The third-order valence-corrected chi connectivity index (χ3v) is 3.47. The van der Waals surface area contributed by atoms with Crippen molar-refractivity contribution in [2.24, 2.45) is 0 Å². The van der Waals surface area contributed by atoms with Crippen LogP contribution in [0.5, 0.6) is 11.5 Å². The van der Waals surface area contributed by atoms with E-state index >= 15 is 0 Å². The van der Waals surface area contributed by atoms with E-state index in [0.29, 0.717) is 23.7 Å². The minimum Gasteiger partial charge on any atom is -0.486 e. The summed E-state index contributed by atoms with van der Waals surface area (Å²) in [4.78, 5) is 22.0. The van der Waals surface area contributed by atoms with E-state index in [2.05, 4.69) is 0 Å². The van der Waals surface area contributed by atoms with E-state index in [1.807, 2.05) is 12.1 Å². The van der Waals surface area contributed by atoms with E-state index in [4.69, 9.17) is 14.2 Å². The van der Waals surface area contributed by atoms with Crippen molar-refractivity contribution in [1.82, 2.24) is 0 Å². The summed E-state index contributed by atoms with van der Waals surface area (Å²) in [5.74, 6) is 0.714. The Morgan fingerprint density at radius 1 is 1.24 bits per heavy atom. The number of non-ortho nitro benzene ring substituents is 1. The summed E-state index contributed by atoms with van der Waals surface area (Å²) in [5, 5.41) is 10.7. The molecule has 1 aliphatic rings. The number of nitrogens with zero attached hydrogens (tertiary/aromatic N) is 1. The molecule has 0 bridgehead atoms. The third-order valence-electron chi connectivity index (χ3n) is 3.47. The highest BCUT2D eigenvalue weighted by atomic mass is 16.6. The Kier molecular flexibility index (Phi) is 4.94. The lowest BCUT2D eigenvalue weighted by Crippen LogP contribution is -2.34. The molecule has 1 atom stereocenters. The number of rotatable bonds is 5. The lowest BCUT2D eigenvalue weighted by atomic mass is 10.2. The average Bonchev–Trinajstić information content (AvgIpc) is 2.64. The Hall–Kier alpha value is -3.35. The second kappa shape index (κ2) is 7.48. The van der Waals surface area contributed by atoms with Crippen LogP contribution in [-0.2, 0) is 9.53 Å². The number of ether oxygens (including phenoxy) is 3. The van der Waals surface area contributed by atoms with Crippen LogP contribution in [0.15, 0.2) is 54.6 Å². The van der Waals surface area contributed by atoms with E-state index in [9.17, 15) is 14.9 Å². The Labute approximate surface area is 143 Å². The van der Waals surface area contributed by atoms with Crippen LogP contribution in [0.4, 0.5) is 5.69 Å². The zero-order valence-corrected chi connectivity index (χ0v) is 13.2. The van der Waals surface area contributed by atoms with Crippen molar-refractivity contribution >= 4 is 17.7 Å². The van der Waals surface area contributed by atoms with Crippen molar-refractivity contribution in [3.63, 3.8) is 0 Å². The molecule has 3 rings (SSSR count). The van der Waals surface area contributed by atoms with Gasteiger partial charge in [-0.15, -0.1) is 0 Å². The minimum absolute atomic E-state index is 0.0399. The molecule has 1 unspecified atom stereocenters. The van der Waals surface area contributed by atoms with E-state index in [1.165, 1.54) is 24.3 Å². The summed E-state index contributed by atoms with van der Waals surface area (Å²) >= 11 is 0. The Bertz CT molecular complexity index is 817. The third kappa shape index (κ3) is 4.35. The van der Waals surface area contributed by atoms with Crippen molar-refractivity contribution in [3.05, 3.63) is 70.3 Å². The molecular formula is C18H15NO6. The predicted octanol–water partition coefficient (Wildman–Crippen LogP) is 2.99. The van der Waals surface area contributed by atoms with E-state index in [-0.39, 0.29) is 18.4 Å². The van der Waals surface area contributed by atoms with Gasteiger partial charge in [0, 0.05) is 18.2 Å². The standard InChI is InChI=1S/C18H15NO6/c20-18(9-8-13-4-3-5-14(10-13)19(21)22)24-12-15-11-23-16-6-1-2-7-17(16)25-15/h1-10,15H,11-12H2. The predicted molar refractivity (Wildman–Crippen MR) is 89.4 cm³/mol. The number of carbonyl (C=O) groups excluding carboxylic acids is 1. The molecule has 7 heteroatoms. The number of para-hydroxylation sites is 2. The molecule has 0 spiro atoms.